The zero-order chi connectivity index (χ0) is 12.0. The van der Waals surface area contributed by atoms with Crippen LogP contribution >= 0.6 is 0 Å². The number of hydrogen-bond donors (Lipinski definition) is 1. The molecule has 0 saturated heterocycles. The molecule has 3 heteroatoms. The molecule has 0 radical (unpaired) electrons. The van der Waals surface area contributed by atoms with E-state index in [0.717, 1.165) is 5.56 Å². The number of esters is 1. The lowest BCUT2D eigenvalue weighted by Gasteiger charge is -2.03. The van der Waals surface area contributed by atoms with Crippen LogP contribution in [0.25, 0.3) is 0 Å². The van der Waals surface area contributed by atoms with Crippen LogP contribution in [0.2, 0.25) is 0 Å². The summed E-state index contributed by atoms with van der Waals surface area (Å²) in [7, 11) is 0. The number of carbonyl (C=O) groups is 1. The molecule has 76 valence electrons. The molecule has 0 saturated carbocycles. The molecule has 0 unspecified atom stereocenters. The van der Waals surface area contributed by atoms with Gasteiger partial charge in [-0.05, 0) is 12.0 Å². The van der Waals surface area contributed by atoms with E-state index in [2.05, 4.69) is 0 Å². The highest BCUT2D eigenvalue weighted by atomic mass is 16.5. The number of aliphatic hydroxyl groups is 1. The van der Waals surface area contributed by atoms with Crippen LogP contribution < -0.4 is 0 Å². The molecule has 0 amide bonds. The summed E-state index contributed by atoms with van der Waals surface area (Å²) < 4.78 is 19.5. The van der Waals surface area contributed by atoms with Crippen LogP contribution in [0.4, 0.5) is 0 Å². The highest BCUT2D eigenvalue weighted by Gasteiger charge is 2.01. The van der Waals surface area contributed by atoms with E-state index in [0.29, 0.717) is 0 Å². The highest BCUT2D eigenvalue weighted by molar-refractivity contribution is 5.69. The largest absolute Gasteiger partial charge is 0.461 e. The Kier molecular flexibility index (Phi) is 3.52. The third-order valence-electron chi connectivity index (χ3n) is 1.59. The number of rotatable bonds is 5. The van der Waals surface area contributed by atoms with E-state index in [1.54, 1.807) is 12.1 Å². The monoisotopic (exact) mass is 196 g/mol. The van der Waals surface area contributed by atoms with Gasteiger partial charge in [0.25, 0.3) is 0 Å². The van der Waals surface area contributed by atoms with Crippen molar-refractivity contribution >= 4 is 5.97 Å². The molecular formula is C11H14O3. The van der Waals surface area contributed by atoms with Crippen molar-refractivity contribution in [3.8, 4) is 0 Å². The molecule has 1 rings (SSSR count). The second kappa shape index (κ2) is 6.16. The van der Waals surface area contributed by atoms with Crippen molar-refractivity contribution in [3.63, 3.8) is 0 Å². The Labute approximate surface area is 86.1 Å². The Bertz CT molecular complexity index is 338. The molecule has 3 nitrogen and oxygen atoms in total. The quantitative estimate of drug-likeness (QED) is 0.726. The summed E-state index contributed by atoms with van der Waals surface area (Å²) in [5.74, 6) is -0.939. The fraction of sp³-hybridized carbons (Fsp3) is 0.364. The van der Waals surface area contributed by atoms with Crippen LogP contribution in [0.15, 0.2) is 30.3 Å². The Hall–Kier alpha value is -1.35. The molecule has 0 aliphatic carbocycles. The van der Waals surface area contributed by atoms with Gasteiger partial charge < -0.3 is 9.84 Å². The Morgan fingerprint density at radius 3 is 2.79 bits per heavy atom. The Morgan fingerprint density at radius 1 is 1.43 bits per heavy atom. The molecule has 0 atom stereocenters. The molecule has 1 aromatic carbocycles. The van der Waals surface area contributed by atoms with Crippen molar-refractivity contribution in [2.24, 2.45) is 0 Å². The fourth-order valence-corrected chi connectivity index (χ4v) is 0.932. The average Bonchev–Trinajstić information content (AvgIpc) is 2.27. The van der Waals surface area contributed by atoms with E-state index in [1.807, 2.05) is 18.2 Å². The van der Waals surface area contributed by atoms with Gasteiger partial charge in [-0.25, -0.2) is 0 Å². The molecule has 0 aliphatic rings. The average molecular weight is 196 g/mol. The topological polar surface area (TPSA) is 46.5 Å². The van der Waals surface area contributed by atoms with Crippen molar-refractivity contribution in [1.29, 1.82) is 0 Å². The van der Waals surface area contributed by atoms with Gasteiger partial charge in [0.1, 0.15) is 6.61 Å². The molecule has 0 bridgehead atoms. The zero-order valence-corrected chi connectivity index (χ0v) is 7.77. The maximum Gasteiger partial charge on any atom is 0.306 e. The first-order valence-corrected chi connectivity index (χ1v) is 4.38. The number of benzene rings is 1. The molecule has 0 fully saturated rings. The van der Waals surface area contributed by atoms with Crippen molar-refractivity contribution < 1.29 is 17.4 Å². The predicted octanol–water partition coefficient (Wildman–Crippen LogP) is 1.50. The van der Waals surface area contributed by atoms with Crippen LogP contribution in [0.1, 0.15) is 21.1 Å². The summed E-state index contributed by atoms with van der Waals surface area (Å²) >= 11 is 0. The normalized spacial score (nSPS) is 12.9. The first kappa shape index (κ1) is 8.00. The second-order valence-electron chi connectivity index (χ2n) is 2.71. The maximum atomic E-state index is 11.3. The van der Waals surface area contributed by atoms with Gasteiger partial charge in [-0.15, -0.1) is 0 Å². The van der Waals surface area contributed by atoms with Crippen LogP contribution in [0, 0.1) is 0 Å². The molecular weight excluding hydrogens is 180 g/mol. The van der Waals surface area contributed by atoms with Gasteiger partial charge >= 0.3 is 5.97 Å². The van der Waals surface area contributed by atoms with Crippen LogP contribution in [-0.4, -0.2) is 17.7 Å². The number of hydrogen-bond acceptors (Lipinski definition) is 3. The van der Waals surface area contributed by atoms with Gasteiger partial charge in [0.15, 0.2) is 0 Å². The van der Waals surface area contributed by atoms with Gasteiger partial charge in [-0.2, -0.15) is 0 Å². The van der Waals surface area contributed by atoms with E-state index in [-0.39, 0.29) is 19.6 Å². The molecule has 14 heavy (non-hydrogen) atoms. The van der Waals surface area contributed by atoms with Gasteiger partial charge in [-0.1, -0.05) is 30.3 Å². The summed E-state index contributed by atoms with van der Waals surface area (Å²) in [4.78, 5) is 11.3. The lowest BCUT2D eigenvalue weighted by molar-refractivity contribution is -0.145. The van der Waals surface area contributed by atoms with Crippen molar-refractivity contribution in [1.82, 2.24) is 0 Å². The summed E-state index contributed by atoms with van der Waals surface area (Å²) in [6.45, 7) is -0.335. The molecule has 0 heterocycles. The van der Waals surface area contributed by atoms with Crippen molar-refractivity contribution in [2.45, 2.75) is 19.4 Å². The molecule has 1 aromatic rings. The summed E-state index contributed by atoms with van der Waals surface area (Å²) in [6, 6.07) is 9.04. The van der Waals surface area contributed by atoms with Gasteiger partial charge in [0.2, 0.25) is 0 Å². The SMILES string of the molecule is [2H]C([2H])(CCO)C(=O)OCc1ccccc1. The van der Waals surface area contributed by atoms with E-state index < -0.39 is 12.3 Å². The highest BCUT2D eigenvalue weighted by Crippen LogP contribution is 2.02. The van der Waals surface area contributed by atoms with Crippen LogP contribution in [0.5, 0.6) is 0 Å². The van der Waals surface area contributed by atoms with Crippen molar-refractivity contribution in [2.75, 3.05) is 6.61 Å². The van der Waals surface area contributed by atoms with Gasteiger partial charge in [-0.3, -0.25) is 4.79 Å². The molecule has 0 spiro atoms. The minimum atomic E-state index is -2.12. The molecule has 0 aromatic heterocycles. The van der Waals surface area contributed by atoms with Crippen LogP contribution in [-0.2, 0) is 16.1 Å². The fourth-order valence-electron chi connectivity index (χ4n) is 0.932. The minimum Gasteiger partial charge on any atom is -0.461 e. The predicted molar refractivity (Wildman–Crippen MR) is 52.6 cm³/mol. The third kappa shape index (κ3) is 4.05. The van der Waals surface area contributed by atoms with Crippen molar-refractivity contribution in [3.05, 3.63) is 35.9 Å². The van der Waals surface area contributed by atoms with E-state index in [1.165, 1.54) is 0 Å². The second-order valence-corrected chi connectivity index (χ2v) is 2.71. The Morgan fingerprint density at radius 2 is 2.14 bits per heavy atom. The number of ether oxygens (including phenoxy) is 1. The first-order valence-electron chi connectivity index (χ1n) is 5.38. The van der Waals surface area contributed by atoms with E-state index in [9.17, 15) is 4.79 Å². The number of aliphatic hydroxyl groups excluding tert-OH is 1. The zero-order valence-electron chi connectivity index (χ0n) is 9.77. The Balaban J connectivity index is 2.47. The minimum absolute atomic E-state index is 0.0462. The lowest BCUT2D eigenvalue weighted by atomic mass is 10.2. The summed E-state index contributed by atoms with van der Waals surface area (Å²) in [6.07, 6.45) is -2.37. The van der Waals surface area contributed by atoms with Crippen LogP contribution in [0.3, 0.4) is 0 Å². The van der Waals surface area contributed by atoms with Gasteiger partial charge in [0, 0.05) is 15.7 Å². The lowest BCUT2D eigenvalue weighted by Crippen LogP contribution is -2.05. The summed E-state index contributed by atoms with van der Waals surface area (Å²) in [5.41, 5.74) is 0.802. The van der Waals surface area contributed by atoms with E-state index >= 15 is 0 Å². The smallest absolute Gasteiger partial charge is 0.306 e. The standard InChI is InChI=1S/C11H14O3/c12-8-4-7-11(13)14-9-10-5-2-1-3-6-10/h1-3,5-6,12H,4,7-9H2/i7D2. The van der Waals surface area contributed by atoms with E-state index in [4.69, 9.17) is 12.6 Å². The molecule has 0 aliphatic heterocycles. The first-order chi connectivity index (χ1) is 7.56. The maximum absolute atomic E-state index is 11.3. The third-order valence-corrected chi connectivity index (χ3v) is 1.59. The van der Waals surface area contributed by atoms with Gasteiger partial charge in [0.05, 0.1) is 0 Å². The summed E-state index contributed by atoms with van der Waals surface area (Å²) in [5, 5.41) is 8.59. The number of carbonyl (C=O) groups excluding carboxylic acids is 1. The molecule has 1 N–H and O–H groups in total.